The number of carbonyl (C=O) groups is 1. The molecule has 0 aliphatic rings. The molecule has 2 heterocycles. The number of para-hydroxylation sites is 1. The van der Waals surface area contributed by atoms with Crippen molar-refractivity contribution in [3.8, 4) is 5.82 Å². The fourth-order valence-electron chi connectivity index (χ4n) is 3.74. The number of hydrogen-bond donors (Lipinski definition) is 1. The lowest BCUT2D eigenvalue weighted by Gasteiger charge is -2.10. The number of anilines is 1. The van der Waals surface area contributed by atoms with E-state index in [9.17, 15) is 4.79 Å². The van der Waals surface area contributed by atoms with Crippen LogP contribution in [0, 0.1) is 6.92 Å². The van der Waals surface area contributed by atoms with Crippen molar-refractivity contribution in [2.24, 2.45) is 0 Å². The number of amides is 1. The summed E-state index contributed by atoms with van der Waals surface area (Å²) in [5.74, 6) is 1.19. The van der Waals surface area contributed by atoms with Crippen LogP contribution in [-0.4, -0.2) is 20.7 Å². The van der Waals surface area contributed by atoms with Crippen LogP contribution in [0.2, 0.25) is 0 Å². The van der Waals surface area contributed by atoms with Gasteiger partial charge < -0.3 is 5.32 Å². The minimum Gasteiger partial charge on any atom is -0.310 e. The first kappa shape index (κ1) is 18.1. The average Bonchev–Trinajstić information content (AvgIpc) is 3.13. The maximum atomic E-state index is 12.9. The minimum absolute atomic E-state index is 0.0895. The fourth-order valence-corrected chi connectivity index (χ4v) is 3.74. The average molecular weight is 392 g/mol. The van der Waals surface area contributed by atoms with Crippen LogP contribution in [0.5, 0.6) is 0 Å². The van der Waals surface area contributed by atoms with Gasteiger partial charge in [0.25, 0.3) is 0 Å². The molecule has 5 heteroatoms. The molecule has 0 aliphatic carbocycles. The highest BCUT2D eigenvalue weighted by molar-refractivity contribution is 5.96. The number of nitrogens with zero attached hydrogens (tertiary/aromatic N) is 3. The van der Waals surface area contributed by atoms with E-state index in [4.69, 9.17) is 4.98 Å². The van der Waals surface area contributed by atoms with Crippen LogP contribution in [-0.2, 0) is 11.2 Å². The molecule has 0 saturated heterocycles. The van der Waals surface area contributed by atoms with E-state index in [1.54, 1.807) is 4.68 Å². The van der Waals surface area contributed by atoms with Gasteiger partial charge in [-0.1, -0.05) is 60.7 Å². The number of pyridine rings is 1. The van der Waals surface area contributed by atoms with Crippen molar-refractivity contribution in [1.82, 2.24) is 14.8 Å². The van der Waals surface area contributed by atoms with Crippen LogP contribution in [0.1, 0.15) is 11.3 Å². The van der Waals surface area contributed by atoms with Crippen LogP contribution >= 0.6 is 0 Å². The van der Waals surface area contributed by atoms with E-state index in [2.05, 4.69) is 22.5 Å². The second kappa shape index (κ2) is 7.44. The molecule has 1 N–H and O–H groups in total. The van der Waals surface area contributed by atoms with Gasteiger partial charge in [0.2, 0.25) is 5.91 Å². The Morgan fingerprint density at radius 3 is 2.57 bits per heavy atom. The van der Waals surface area contributed by atoms with E-state index >= 15 is 0 Å². The topological polar surface area (TPSA) is 59.8 Å². The van der Waals surface area contributed by atoms with E-state index in [0.29, 0.717) is 11.6 Å². The first-order valence-corrected chi connectivity index (χ1v) is 9.87. The third-order valence-electron chi connectivity index (χ3n) is 5.13. The van der Waals surface area contributed by atoms with Crippen molar-refractivity contribution < 1.29 is 4.79 Å². The van der Waals surface area contributed by atoms with Gasteiger partial charge in [-0.3, -0.25) is 4.79 Å². The molecule has 2 aromatic heterocycles. The Hall–Kier alpha value is -3.99. The molecular weight excluding hydrogens is 372 g/mol. The third-order valence-corrected chi connectivity index (χ3v) is 5.13. The van der Waals surface area contributed by atoms with Crippen molar-refractivity contribution >= 4 is 33.4 Å². The van der Waals surface area contributed by atoms with Gasteiger partial charge >= 0.3 is 0 Å². The molecule has 5 rings (SSSR count). The lowest BCUT2D eigenvalue weighted by molar-refractivity contribution is -0.115. The number of rotatable bonds is 4. The summed E-state index contributed by atoms with van der Waals surface area (Å²) in [7, 11) is 0. The van der Waals surface area contributed by atoms with Crippen molar-refractivity contribution in [1.29, 1.82) is 0 Å². The third kappa shape index (κ3) is 3.42. The quantitative estimate of drug-likeness (QED) is 0.465. The molecule has 0 aliphatic heterocycles. The second-order valence-electron chi connectivity index (χ2n) is 7.31. The first-order valence-electron chi connectivity index (χ1n) is 9.87. The van der Waals surface area contributed by atoms with Crippen molar-refractivity contribution in [2.45, 2.75) is 13.3 Å². The smallest absolute Gasteiger partial charge is 0.229 e. The van der Waals surface area contributed by atoms with Crippen molar-refractivity contribution in [3.05, 3.63) is 96.2 Å². The summed E-state index contributed by atoms with van der Waals surface area (Å²) in [5.41, 5.74) is 2.69. The summed E-state index contributed by atoms with van der Waals surface area (Å²) in [6.07, 6.45) is 0.288. The summed E-state index contributed by atoms with van der Waals surface area (Å²) >= 11 is 0. The predicted molar refractivity (Wildman–Crippen MR) is 120 cm³/mol. The second-order valence-corrected chi connectivity index (χ2v) is 7.31. The van der Waals surface area contributed by atoms with E-state index in [0.717, 1.165) is 32.9 Å². The van der Waals surface area contributed by atoms with Gasteiger partial charge in [-0.15, -0.1) is 0 Å². The maximum absolute atomic E-state index is 12.9. The SMILES string of the molecule is Cc1cc(NC(=O)Cc2cccc3ccccc23)n(-c2ccc3ccccc3n2)n1. The monoisotopic (exact) mass is 392 g/mol. The maximum Gasteiger partial charge on any atom is 0.229 e. The molecule has 5 aromatic rings. The van der Waals surface area contributed by atoms with Crippen LogP contribution in [0.4, 0.5) is 5.82 Å². The molecule has 0 saturated carbocycles. The Labute approximate surface area is 174 Å². The van der Waals surface area contributed by atoms with Gasteiger partial charge in [-0.25, -0.2) is 4.98 Å². The van der Waals surface area contributed by atoms with Crippen molar-refractivity contribution in [3.63, 3.8) is 0 Å². The minimum atomic E-state index is -0.0895. The van der Waals surface area contributed by atoms with E-state index in [-0.39, 0.29) is 12.3 Å². The predicted octanol–water partition coefficient (Wildman–Crippen LogP) is 5.06. The van der Waals surface area contributed by atoms with E-state index in [1.807, 2.05) is 79.7 Å². The van der Waals surface area contributed by atoms with Crippen LogP contribution in [0.3, 0.4) is 0 Å². The normalized spacial score (nSPS) is 11.1. The molecule has 5 nitrogen and oxygen atoms in total. The molecule has 30 heavy (non-hydrogen) atoms. The van der Waals surface area contributed by atoms with Gasteiger partial charge in [0.15, 0.2) is 5.82 Å². The molecule has 1 amide bonds. The summed E-state index contributed by atoms with van der Waals surface area (Å²) in [6.45, 7) is 1.90. The number of hydrogen-bond acceptors (Lipinski definition) is 3. The molecule has 0 radical (unpaired) electrons. The van der Waals surface area contributed by atoms with Gasteiger partial charge in [0, 0.05) is 11.5 Å². The van der Waals surface area contributed by atoms with E-state index in [1.165, 1.54) is 0 Å². The Morgan fingerprint density at radius 1 is 0.900 bits per heavy atom. The highest BCUT2D eigenvalue weighted by Gasteiger charge is 2.14. The molecule has 3 aromatic carbocycles. The number of fused-ring (bicyclic) bond motifs is 2. The first-order chi connectivity index (χ1) is 14.7. The van der Waals surface area contributed by atoms with Crippen LogP contribution in [0.15, 0.2) is 84.9 Å². The van der Waals surface area contributed by atoms with Crippen LogP contribution < -0.4 is 5.32 Å². The Morgan fingerprint density at radius 2 is 1.67 bits per heavy atom. The molecule has 146 valence electrons. The lowest BCUT2D eigenvalue weighted by Crippen LogP contribution is -2.17. The number of carbonyl (C=O) groups excluding carboxylic acids is 1. The molecular formula is C25H20N4O. The number of nitrogens with one attached hydrogen (secondary N) is 1. The highest BCUT2D eigenvalue weighted by Crippen LogP contribution is 2.21. The van der Waals surface area contributed by atoms with E-state index < -0.39 is 0 Å². The molecule has 0 unspecified atom stereocenters. The Bertz CT molecular complexity index is 1380. The molecule has 0 atom stereocenters. The van der Waals surface area contributed by atoms with Gasteiger partial charge in [-0.05, 0) is 41.5 Å². The van der Waals surface area contributed by atoms with Gasteiger partial charge in [-0.2, -0.15) is 9.78 Å². The Kier molecular flexibility index (Phi) is 4.48. The number of benzene rings is 3. The fraction of sp³-hybridized carbons (Fsp3) is 0.0800. The molecule has 0 fully saturated rings. The van der Waals surface area contributed by atoms with Crippen molar-refractivity contribution in [2.75, 3.05) is 5.32 Å². The summed E-state index contributed by atoms with van der Waals surface area (Å²) in [4.78, 5) is 17.6. The standard InChI is InChI=1S/C25H20N4O/c1-17-15-24(29(28-17)23-14-13-19-8-3-5-12-22(19)26-23)27-25(30)16-20-10-6-9-18-7-2-4-11-21(18)20/h2-15H,16H2,1H3,(H,27,30). The Balaban J connectivity index is 1.44. The summed E-state index contributed by atoms with van der Waals surface area (Å²) < 4.78 is 1.68. The largest absolute Gasteiger partial charge is 0.310 e. The molecule has 0 spiro atoms. The van der Waals surface area contributed by atoms with Crippen LogP contribution in [0.25, 0.3) is 27.5 Å². The summed E-state index contributed by atoms with van der Waals surface area (Å²) in [6, 6.07) is 27.9. The highest BCUT2D eigenvalue weighted by atomic mass is 16.1. The zero-order valence-corrected chi connectivity index (χ0v) is 16.5. The summed E-state index contributed by atoms with van der Waals surface area (Å²) in [5, 5.41) is 10.8. The van der Waals surface area contributed by atoms with Gasteiger partial charge in [0.05, 0.1) is 17.6 Å². The molecule has 0 bridgehead atoms. The lowest BCUT2D eigenvalue weighted by atomic mass is 10.0. The number of aromatic nitrogens is 3. The van der Waals surface area contributed by atoms with Gasteiger partial charge in [0.1, 0.15) is 5.82 Å². The zero-order chi connectivity index (χ0) is 20.5. The number of aryl methyl sites for hydroxylation is 1. The zero-order valence-electron chi connectivity index (χ0n) is 16.5.